The lowest BCUT2D eigenvalue weighted by atomic mass is 9.74. The maximum absolute atomic E-state index is 5.42. The Hall–Kier alpha value is -0.800. The monoisotopic (exact) mass is 308 g/mol. The van der Waals surface area contributed by atoms with Crippen LogP contribution in [0.3, 0.4) is 0 Å². The van der Waals surface area contributed by atoms with E-state index in [2.05, 4.69) is 70.7 Å². The zero-order valence-electron chi connectivity index (χ0n) is 16.0. The third kappa shape index (κ3) is 4.60. The van der Waals surface area contributed by atoms with Crippen molar-refractivity contribution in [3.8, 4) is 0 Å². The van der Waals surface area contributed by atoms with E-state index >= 15 is 0 Å². The fourth-order valence-electron chi connectivity index (χ4n) is 2.83. The number of likely N-dealkylation sites (N-methyl/N-ethyl adjacent to an activating group) is 2. The molecule has 0 fully saturated rings. The first kappa shape index (κ1) is 19.2. The second-order valence-electron chi connectivity index (χ2n) is 7.89. The largest absolute Gasteiger partial charge is 0.384 e. The van der Waals surface area contributed by atoms with Crippen molar-refractivity contribution in [2.75, 3.05) is 40.9 Å². The summed E-state index contributed by atoms with van der Waals surface area (Å²) in [5.41, 5.74) is 3.13. The van der Waals surface area contributed by atoms with Crippen LogP contribution in [0.2, 0.25) is 0 Å². The molecule has 0 aliphatic heterocycles. The normalized spacial score (nSPS) is 16.6. The number of ether oxygens (including phenoxy) is 1. The summed E-state index contributed by atoms with van der Waals surface area (Å²) in [6.07, 6.45) is 6.89. The highest BCUT2D eigenvalue weighted by molar-refractivity contribution is 5.21. The summed E-state index contributed by atoms with van der Waals surface area (Å²) >= 11 is 0. The van der Waals surface area contributed by atoms with Crippen molar-refractivity contribution in [2.45, 2.75) is 53.0 Å². The van der Waals surface area contributed by atoms with Gasteiger partial charge in [-0.15, -0.1) is 0 Å². The Balaban J connectivity index is 2.60. The topological polar surface area (TPSA) is 15.7 Å². The van der Waals surface area contributed by atoms with Crippen molar-refractivity contribution in [1.29, 1.82) is 0 Å². The quantitative estimate of drug-likeness (QED) is 0.676. The van der Waals surface area contributed by atoms with E-state index in [0.717, 1.165) is 19.7 Å². The van der Waals surface area contributed by atoms with Crippen LogP contribution in [0.15, 0.2) is 23.4 Å². The van der Waals surface area contributed by atoms with Gasteiger partial charge in [0.2, 0.25) is 0 Å². The van der Waals surface area contributed by atoms with E-state index in [1.807, 2.05) is 0 Å². The molecule has 3 nitrogen and oxygen atoms in total. The molecule has 0 aromatic heterocycles. The van der Waals surface area contributed by atoms with Crippen LogP contribution in [0.25, 0.3) is 0 Å². The predicted molar refractivity (Wildman–Crippen MR) is 96.1 cm³/mol. The van der Waals surface area contributed by atoms with Gasteiger partial charge in [0, 0.05) is 43.9 Å². The molecule has 0 atom stereocenters. The van der Waals surface area contributed by atoms with Crippen molar-refractivity contribution in [1.82, 2.24) is 9.80 Å². The van der Waals surface area contributed by atoms with Crippen LogP contribution < -0.4 is 0 Å². The minimum Gasteiger partial charge on any atom is -0.384 e. The Morgan fingerprint density at radius 1 is 1.05 bits per heavy atom. The summed E-state index contributed by atoms with van der Waals surface area (Å²) in [6, 6.07) is 0. The number of hydrogen-bond donors (Lipinski definition) is 0. The van der Waals surface area contributed by atoms with Crippen molar-refractivity contribution >= 4 is 0 Å². The molecule has 0 saturated carbocycles. The third-order valence-electron chi connectivity index (χ3n) is 5.71. The first-order chi connectivity index (χ1) is 10.1. The van der Waals surface area contributed by atoms with Crippen molar-refractivity contribution in [3.63, 3.8) is 0 Å². The van der Waals surface area contributed by atoms with E-state index in [0.29, 0.717) is 0 Å². The molecule has 0 bridgehead atoms. The summed E-state index contributed by atoms with van der Waals surface area (Å²) in [5.74, 6) is 0. The second kappa shape index (κ2) is 7.65. The summed E-state index contributed by atoms with van der Waals surface area (Å²) in [5, 5.41) is 0. The van der Waals surface area contributed by atoms with Gasteiger partial charge in [0.25, 0.3) is 0 Å². The first-order valence-corrected chi connectivity index (χ1v) is 8.39. The lowest BCUT2D eigenvalue weighted by Gasteiger charge is -2.48. The lowest BCUT2D eigenvalue weighted by molar-refractivity contribution is -0.0244. The fraction of sp³-hybridized carbons (Fsp3) is 0.789. The summed E-state index contributed by atoms with van der Waals surface area (Å²) in [7, 11) is 6.22. The standard InChI is InChI=1S/C19H36N2O/c1-16-9-11-17(12-10-16)20(6)13-14-21(7)19(4,5)18(2,3)15-22-8/h9,11H,10,12-15H2,1-8H3. The molecule has 0 aromatic rings. The van der Waals surface area contributed by atoms with Gasteiger partial charge in [0.05, 0.1) is 6.61 Å². The van der Waals surface area contributed by atoms with Gasteiger partial charge >= 0.3 is 0 Å². The predicted octanol–water partition coefficient (Wildman–Crippen LogP) is 3.93. The Morgan fingerprint density at radius 2 is 1.68 bits per heavy atom. The molecule has 0 saturated heterocycles. The molecular formula is C19H36N2O. The zero-order valence-corrected chi connectivity index (χ0v) is 16.0. The minimum absolute atomic E-state index is 0.0846. The van der Waals surface area contributed by atoms with E-state index < -0.39 is 0 Å². The second-order valence-corrected chi connectivity index (χ2v) is 7.89. The first-order valence-electron chi connectivity index (χ1n) is 8.39. The Labute approximate surface area is 138 Å². The summed E-state index contributed by atoms with van der Waals surface area (Å²) in [4.78, 5) is 4.87. The molecule has 0 aromatic carbocycles. The molecule has 0 radical (unpaired) electrons. The highest BCUT2D eigenvalue weighted by Gasteiger charge is 2.40. The van der Waals surface area contributed by atoms with Crippen LogP contribution in [-0.2, 0) is 4.74 Å². The zero-order chi connectivity index (χ0) is 17.0. The summed E-state index contributed by atoms with van der Waals surface area (Å²) < 4.78 is 5.42. The van der Waals surface area contributed by atoms with Crippen molar-refractivity contribution < 1.29 is 4.74 Å². The van der Waals surface area contributed by atoms with Gasteiger partial charge in [-0.1, -0.05) is 25.5 Å². The van der Waals surface area contributed by atoms with Crippen LogP contribution in [-0.4, -0.2) is 56.2 Å². The molecular weight excluding hydrogens is 272 g/mol. The van der Waals surface area contributed by atoms with Crippen LogP contribution in [0, 0.1) is 5.41 Å². The third-order valence-corrected chi connectivity index (χ3v) is 5.71. The minimum atomic E-state index is 0.0846. The maximum Gasteiger partial charge on any atom is 0.0530 e. The van der Waals surface area contributed by atoms with E-state index in [4.69, 9.17) is 4.74 Å². The fourth-order valence-corrected chi connectivity index (χ4v) is 2.83. The highest BCUT2D eigenvalue weighted by Crippen LogP contribution is 2.35. The van der Waals surface area contributed by atoms with Crippen LogP contribution in [0.1, 0.15) is 47.5 Å². The van der Waals surface area contributed by atoms with Gasteiger partial charge in [-0.3, -0.25) is 4.90 Å². The molecule has 1 aliphatic rings. The SMILES string of the molecule is COCC(C)(C)C(C)(C)N(C)CCN(C)C1=CC=C(C)CC1. The number of rotatable bonds is 8. The number of hydrogen-bond acceptors (Lipinski definition) is 3. The lowest BCUT2D eigenvalue weighted by Crippen LogP contribution is -2.55. The van der Waals surface area contributed by atoms with E-state index in [1.54, 1.807) is 7.11 Å². The van der Waals surface area contributed by atoms with Gasteiger partial charge in [-0.2, -0.15) is 0 Å². The molecule has 1 rings (SSSR count). The number of nitrogens with zero attached hydrogens (tertiary/aromatic N) is 2. The van der Waals surface area contributed by atoms with Gasteiger partial charge in [0.15, 0.2) is 0 Å². The highest BCUT2D eigenvalue weighted by atomic mass is 16.5. The van der Waals surface area contributed by atoms with Crippen LogP contribution in [0.5, 0.6) is 0 Å². The van der Waals surface area contributed by atoms with Crippen LogP contribution >= 0.6 is 0 Å². The van der Waals surface area contributed by atoms with E-state index in [1.165, 1.54) is 24.1 Å². The van der Waals surface area contributed by atoms with Gasteiger partial charge in [-0.05, 0) is 46.7 Å². The van der Waals surface area contributed by atoms with Crippen LogP contribution in [0.4, 0.5) is 0 Å². The van der Waals surface area contributed by atoms with Gasteiger partial charge in [0.1, 0.15) is 0 Å². The molecule has 0 spiro atoms. The van der Waals surface area contributed by atoms with Gasteiger partial charge in [-0.25, -0.2) is 0 Å². The van der Waals surface area contributed by atoms with Crippen molar-refractivity contribution in [2.24, 2.45) is 5.41 Å². The van der Waals surface area contributed by atoms with E-state index in [-0.39, 0.29) is 11.0 Å². The maximum atomic E-state index is 5.42. The number of allylic oxidation sites excluding steroid dienone is 4. The van der Waals surface area contributed by atoms with Gasteiger partial charge < -0.3 is 9.64 Å². The average molecular weight is 309 g/mol. The van der Waals surface area contributed by atoms with E-state index in [9.17, 15) is 0 Å². The molecule has 22 heavy (non-hydrogen) atoms. The molecule has 0 N–H and O–H groups in total. The molecule has 0 amide bonds. The molecule has 3 heteroatoms. The molecule has 0 heterocycles. The molecule has 1 aliphatic carbocycles. The number of methoxy groups -OCH3 is 1. The average Bonchev–Trinajstić information content (AvgIpc) is 2.44. The summed E-state index contributed by atoms with van der Waals surface area (Å²) in [6.45, 7) is 14.3. The van der Waals surface area contributed by atoms with Crippen molar-refractivity contribution in [3.05, 3.63) is 23.4 Å². The Bertz CT molecular complexity index is 421. The molecule has 0 unspecified atom stereocenters. The smallest absolute Gasteiger partial charge is 0.0530 e. The Kier molecular flexibility index (Phi) is 6.69. The molecule has 128 valence electrons. The Morgan fingerprint density at radius 3 is 2.18 bits per heavy atom.